The number of nitrogens with two attached hydrogens (primary N) is 1. The first-order valence-corrected chi connectivity index (χ1v) is 10.8. The number of rotatable bonds is 8. The number of hydrogen-bond acceptors (Lipinski definition) is 9. The lowest BCUT2D eigenvalue weighted by molar-refractivity contribution is 0.290. The molecule has 12 heteroatoms. The highest BCUT2D eigenvalue weighted by Gasteiger charge is 2.13. The van der Waals surface area contributed by atoms with E-state index in [0.717, 1.165) is 0 Å². The van der Waals surface area contributed by atoms with Crippen LogP contribution in [-0.2, 0) is 19.4 Å². The van der Waals surface area contributed by atoms with Gasteiger partial charge in [0.05, 0.1) is 10.8 Å². The minimum atomic E-state index is -0.330. The number of anilines is 3. The van der Waals surface area contributed by atoms with E-state index >= 15 is 0 Å². The number of nitrogens with one attached hydrogen (secondary N) is 1. The van der Waals surface area contributed by atoms with Gasteiger partial charge in [0.25, 0.3) is 0 Å². The second kappa shape index (κ2) is 9.79. The molecule has 0 aliphatic rings. The van der Waals surface area contributed by atoms with E-state index in [1.54, 1.807) is 24.3 Å². The van der Waals surface area contributed by atoms with Crippen LogP contribution in [-0.4, -0.2) is 29.7 Å². The number of hydrogen-bond donors (Lipinski definition) is 2. The van der Waals surface area contributed by atoms with Gasteiger partial charge in [-0.25, -0.2) is 4.39 Å². The van der Waals surface area contributed by atoms with Crippen LogP contribution in [0.4, 0.5) is 22.0 Å². The van der Waals surface area contributed by atoms with Gasteiger partial charge in [-0.15, -0.1) is 10.2 Å². The van der Waals surface area contributed by atoms with E-state index in [1.165, 1.54) is 23.9 Å². The summed E-state index contributed by atoms with van der Waals surface area (Å²) in [6, 6.07) is 13.1. The zero-order valence-corrected chi connectivity index (χ0v) is 18.4. The van der Waals surface area contributed by atoms with E-state index in [9.17, 15) is 4.39 Å². The molecule has 0 bridgehead atoms. The first-order valence-electron chi connectivity index (χ1n) is 9.39. The van der Waals surface area contributed by atoms with Crippen molar-refractivity contribution in [2.45, 2.75) is 17.5 Å². The summed E-state index contributed by atoms with van der Waals surface area (Å²) in [5.41, 5.74) is 6.45. The maximum absolute atomic E-state index is 13.1. The zero-order valence-electron chi connectivity index (χ0n) is 16.9. The minimum absolute atomic E-state index is 0.0759. The van der Waals surface area contributed by atoms with Crippen molar-refractivity contribution in [3.63, 3.8) is 0 Å². The van der Waals surface area contributed by atoms with Crippen LogP contribution in [0.2, 0.25) is 5.02 Å². The highest BCUT2D eigenvalue weighted by molar-refractivity contribution is 7.98. The van der Waals surface area contributed by atoms with Gasteiger partial charge in [-0.3, -0.25) is 0 Å². The third kappa shape index (κ3) is 5.42. The van der Waals surface area contributed by atoms with Gasteiger partial charge < -0.3 is 20.4 Å². The molecule has 9 nitrogen and oxygen atoms in total. The zero-order chi connectivity index (χ0) is 22.5. The van der Waals surface area contributed by atoms with E-state index in [2.05, 4.69) is 30.5 Å². The predicted molar refractivity (Wildman–Crippen MR) is 120 cm³/mol. The number of thioether (sulfide) groups is 1. The smallest absolute Gasteiger partial charge is 0.232 e. The van der Waals surface area contributed by atoms with Crippen molar-refractivity contribution in [2.24, 2.45) is 7.05 Å². The molecule has 0 aliphatic carbocycles. The molecule has 4 rings (SSSR count). The molecule has 2 aromatic heterocycles. The molecule has 0 aliphatic heterocycles. The third-order valence-corrected chi connectivity index (χ3v) is 5.58. The molecule has 0 fully saturated rings. The summed E-state index contributed by atoms with van der Waals surface area (Å²) in [5.74, 6) is 2.09. The molecule has 0 saturated carbocycles. The molecule has 0 saturated heterocycles. The lowest BCUT2D eigenvalue weighted by atomic mass is 10.3. The first-order chi connectivity index (χ1) is 15.5. The van der Waals surface area contributed by atoms with Crippen molar-refractivity contribution in [1.82, 2.24) is 29.7 Å². The maximum atomic E-state index is 13.1. The van der Waals surface area contributed by atoms with Crippen molar-refractivity contribution >= 4 is 40.9 Å². The molecule has 2 heterocycles. The van der Waals surface area contributed by atoms with Gasteiger partial charge in [-0.05, 0) is 36.4 Å². The van der Waals surface area contributed by atoms with Crippen molar-refractivity contribution in [3.05, 3.63) is 71.0 Å². The standard InChI is InChI=1S/C20H18ClFN8OS/c1-30-17(10-31-15-5-3-2-4-14(15)21)28-29-20(30)32-11-16-25-18(23)27-19(26-16)24-13-8-6-12(22)7-9-13/h2-9H,10-11H2,1H3,(H3,23,24,25,26,27). The van der Waals surface area contributed by atoms with Crippen LogP contribution in [0.5, 0.6) is 5.75 Å². The molecular weight excluding hydrogens is 455 g/mol. The Balaban J connectivity index is 1.39. The van der Waals surface area contributed by atoms with Crippen LogP contribution in [0.1, 0.15) is 11.6 Å². The molecule has 3 N–H and O–H groups in total. The number of benzene rings is 2. The van der Waals surface area contributed by atoms with Gasteiger partial charge in [0.2, 0.25) is 11.9 Å². The number of para-hydroxylation sites is 1. The molecule has 0 radical (unpaired) electrons. The summed E-state index contributed by atoms with van der Waals surface area (Å²) in [6.07, 6.45) is 0. The minimum Gasteiger partial charge on any atom is -0.484 e. The van der Waals surface area contributed by atoms with Crippen molar-refractivity contribution in [2.75, 3.05) is 11.1 Å². The van der Waals surface area contributed by atoms with Gasteiger partial charge in [-0.1, -0.05) is 35.5 Å². The second-order valence-corrected chi connectivity index (χ2v) is 7.88. The van der Waals surface area contributed by atoms with Crippen LogP contribution in [0, 0.1) is 5.82 Å². The lowest BCUT2D eigenvalue weighted by Gasteiger charge is -2.08. The maximum Gasteiger partial charge on any atom is 0.232 e. The number of nitrogens with zero attached hydrogens (tertiary/aromatic N) is 6. The van der Waals surface area contributed by atoms with Gasteiger partial charge in [-0.2, -0.15) is 15.0 Å². The third-order valence-electron chi connectivity index (χ3n) is 4.25. The molecule has 2 aromatic carbocycles. The average Bonchev–Trinajstić information content (AvgIpc) is 3.12. The summed E-state index contributed by atoms with van der Waals surface area (Å²) in [5, 5.41) is 12.5. The summed E-state index contributed by atoms with van der Waals surface area (Å²) in [6.45, 7) is 0.220. The normalized spacial score (nSPS) is 10.8. The SMILES string of the molecule is Cn1c(COc2ccccc2Cl)nnc1SCc1nc(N)nc(Nc2ccc(F)cc2)n1. The Morgan fingerprint density at radius 1 is 1.09 bits per heavy atom. The lowest BCUT2D eigenvalue weighted by Crippen LogP contribution is -2.07. The number of ether oxygens (including phenoxy) is 1. The van der Waals surface area contributed by atoms with E-state index in [0.29, 0.717) is 39.0 Å². The molecule has 164 valence electrons. The monoisotopic (exact) mass is 472 g/mol. The van der Waals surface area contributed by atoms with E-state index in [4.69, 9.17) is 22.1 Å². The van der Waals surface area contributed by atoms with Gasteiger partial charge >= 0.3 is 0 Å². The average molecular weight is 473 g/mol. The quantitative estimate of drug-likeness (QED) is 0.367. The number of aromatic nitrogens is 6. The highest BCUT2D eigenvalue weighted by Crippen LogP contribution is 2.25. The van der Waals surface area contributed by atoms with Crippen LogP contribution in [0.15, 0.2) is 53.7 Å². The van der Waals surface area contributed by atoms with Crippen LogP contribution in [0.25, 0.3) is 0 Å². The molecule has 0 atom stereocenters. The Hall–Kier alpha value is -3.44. The fourth-order valence-electron chi connectivity index (χ4n) is 2.65. The molecule has 4 aromatic rings. The fraction of sp³-hybridized carbons (Fsp3) is 0.150. The molecule has 0 amide bonds. The summed E-state index contributed by atoms with van der Waals surface area (Å²) in [4.78, 5) is 12.6. The van der Waals surface area contributed by atoms with Crippen molar-refractivity contribution in [1.29, 1.82) is 0 Å². The van der Waals surface area contributed by atoms with E-state index in [-0.39, 0.29) is 24.3 Å². The Morgan fingerprint density at radius 2 is 1.88 bits per heavy atom. The first kappa shape index (κ1) is 21.8. The van der Waals surface area contributed by atoms with Crippen molar-refractivity contribution in [3.8, 4) is 5.75 Å². The second-order valence-electron chi connectivity index (χ2n) is 6.53. The molecule has 32 heavy (non-hydrogen) atoms. The van der Waals surface area contributed by atoms with Gasteiger partial charge in [0.15, 0.2) is 11.0 Å². The van der Waals surface area contributed by atoms with Crippen molar-refractivity contribution < 1.29 is 9.13 Å². The topological polar surface area (TPSA) is 117 Å². The largest absolute Gasteiger partial charge is 0.484 e. The highest BCUT2D eigenvalue weighted by atomic mass is 35.5. The van der Waals surface area contributed by atoms with Gasteiger partial charge in [0, 0.05) is 12.7 Å². The summed E-state index contributed by atoms with van der Waals surface area (Å²) >= 11 is 7.51. The van der Waals surface area contributed by atoms with Crippen LogP contribution >= 0.6 is 23.4 Å². The molecule has 0 spiro atoms. The Labute approximate surface area is 192 Å². The Morgan fingerprint density at radius 3 is 2.66 bits per heavy atom. The Kier molecular flexibility index (Phi) is 6.66. The number of nitrogen functional groups attached to an aromatic ring is 1. The fourth-order valence-corrected chi connectivity index (χ4v) is 3.63. The molecular formula is C20H18ClFN8OS. The summed E-state index contributed by atoms with van der Waals surface area (Å²) in [7, 11) is 1.84. The van der Waals surface area contributed by atoms with Crippen LogP contribution < -0.4 is 15.8 Å². The van der Waals surface area contributed by atoms with Gasteiger partial charge in [0.1, 0.15) is 24.0 Å². The Bertz CT molecular complexity index is 1220. The summed E-state index contributed by atoms with van der Waals surface area (Å²) < 4.78 is 20.6. The number of halogens is 2. The van der Waals surface area contributed by atoms with E-state index in [1.807, 2.05) is 23.7 Å². The molecule has 0 unspecified atom stereocenters. The van der Waals surface area contributed by atoms with E-state index < -0.39 is 0 Å². The predicted octanol–water partition coefficient (Wildman–Crippen LogP) is 3.99. The van der Waals surface area contributed by atoms with Crippen LogP contribution in [0.3, 0.4) is 0 Å².